The van der Waals surface area contributed by atoms with Gasteiger partial charge in [-0.1, -0.05) is 6.92 Å². The van der Waals surface area contributed by atoms with Gasteiger partial charge in [-0.3, -0.25) is 28.9 Å². The summed E-state index contributed by atoms with van der Waals surface area (Å²) < 4.78 is 0. The number of rotatable bonds is 3. The molecular weight excluding hydrogens is 442 g/mol. The van der Waals surface area contributed by atoms with Crippen LogP contribution in [-0.4, -0.2) is 84.0 Å². The van der Waals surface area contributed by atoms with E-state index in [1.54, 1.807) is 39.2 Å². The van der Waals surface area contributed by atoms with Crippen LogP contribution in [-0.2, 0) is 19.2 Å². The Kier molecular flexibility index (Phi) is 5.45. The van der Waals surface area contributed by atoms with Gasteiger partial charge in [0, 0.05) is 25.7 Å². The normalized spacial score (nSPS) is 35.0. The fourth-order valence-electron chi connectivity index (χ4n) is 6.36. The van der Waals surface area contributed by atoms with Crippen LogP contribution in [0.3, 0.4) is 0 Å². The maximum absolute atomic E-state index is 13.8. The minimum Gasteiger partial charge on any atom is -0.507 e. The summed E-state index contributed by atoms with van der Waals surface area (Å²) in [6.45, 7) is 1.83. The van der Waals surface area contributed by atoms with Crippen LogP contribution in [0.4, 0.5) is 5.69 Å². The number of likely N-dealkylation sites (N-methyl/N-ethyl adjacent to an activating group) is 1. The molecule has 10 heteroatoms. The van der Waals surface area contributed by atoms with E-state index in [9.17, 15) is 34.2 Å². The van der Waals surface area contributed by atoms with Crippen molar-refractivity contribution in [2.45, 2.75) is 30.9 Å². The maximum atomic E-state index is 13.8. The average Bonchev–Trinajstić information content (AvgIpc) is 2.73. The van der Waals surface area contributed by atoms with Crippen molar-refractivity contribution in [3.8, 4) is 5.75 Å². The number of Topliss-reactive ketones (excluding diaryl/α,β-unsaturated/α-hetero) is 4. The molecule has 2 unspecified atom stereocenters. The molecule has 7 atom stereocenters. The van der Waals surface area contributed by atoms with E-state index in [1.807, 2.05) is 6.92 Å². The van der Waals surface area contributed by atoms with Crippen LogP contribution in [0.1, 0.15) is 35.2 Å². The molecule has 2 fully saturated rings. The van der Waals surface area contributed by atoms with Crippen LogP contribution >= 0.6 is 0 Å². The number of hydrogen-bond acceptors (Lipinski definition) is 9. The molecule has 0 aromatic heterocycles. The Morgan fingerprint density at radius 2 is 1.71 bits per heavy atom. The SMILES string of the molecule is C[C@H]1c2c(N(C)C)ccc(O)c2C(=O)C2C(=O)[C@]3(O)C(=O)C(C(N)=O)C(=O)[C@@H](N(C)C)[C@@H]3C[C@@H]21. The Labute approximate surface area is 196 Å². The van der Waals surface area contributed by atoms with Crippen LogP contribution in [0.25, 0.3) is 0 Å². The topological polar surface area (TPSA) is 158 Å². The van der Waals surface area contributed by atoms with Gasteiger partial charge in [0.1, 0.15) is 5.75 Å². The number of primary amides is 1. The van der Waals surface area contributed by atoms with Crippen molar-refractivity contribution in [1.82, 2.24) is 4.90 Å². The number of phenols is 1. The first-order chi connectivity index (χ1) is 15.8. The predicted molar refractivity (Wildman–Crippen MR) is 120 cm³/mol. The molecule has 3 aliphatic rings. The summed E-state index contributed by atoms with van der Waals surface area (Å²) in [6, 6.07) is 1.94. The molecule has 34 heavy (non-hydrogen) atoms. The lowest BCUT2D eigenvalue weighted by molar-refractivity contribution is -0.181. The highest BCUT2D eigenvalue weighted by Crippen LogP contribution is 2.55. The molecule has 4 N–H and O–H groups in total. The number of carbonyl (C=O) groups is 5. The first-order valence-corrected chi connectivity index (χ1v) is 11.1. The minimum atomic E-state index is -2.72. The van der Waals surface area contributed by atoms with E-state index in [-0.39, 0.29) is 17.7 Å². The second kappa shape index (κ2) is 7.71. The van der Waals surface area contributed by atoms with Crippen LogP contribution in [0, 0.1) is 23.7 Å². The number of fused-ring (bicyclic) bond motifs is 3. The van der Waals surface area contributed by atoms with Crippen LogP contribution in [0.15, 0.2) is 12.1 Å². The lowest BCUT2D eigenvalue weighted by atomic mass is 9.50. The van der Waals surface area contributed by atoms with Gasteiger partial charge >= 0.3 is 0 Å². The van der Waals surface area contributed by atoms with Gasteiger partial charge in [-0.05, 0) is 50.0 Å². The van der Waals surface area contributed by atoms with E-state index in [0.717, 1.165) is 0 Å². The Morgan fingerprint density at radius 3 is 2.24 bits per heavy atom. The molecule has 0 heterocycles. The quantitative estimate of drug-likeness (QED) is 0.494. The van der Waals surface area contributed by atoms with Gasteiger partial charge in [0.25, 0.3) is 0 Å². The third-order valence-corrected chi connectivity index (χ3v) is 7.89. The molecule has 0 radical (unpaired) electrons. The summed E-state index contributed by atoms with van der Waals surface area (Å²) in [4.78, 5) is 69.1. The number of aromatic hydroxyl groups is 1. The van der Waals surface area contributed by atoms with Gasteiger partial charge in [-0.25, -0.2) is 0 Å². The van der Waals surface area contributed by atoms with Gasteiger partial charge < -0.3 is 20.8 Å². The van der Waals surface area contributed by atoms with Crippen molar-refractivity contribution in [3.63, 3.8) is 0 Å². The zero-order chi connectivity index (χ0) is 25.4. The molecule has 1 amide bonds. The number of carbonyl (C=O) groups excluding carboxylic acids is 5. The van der Waals surface area contributed by atoms with Gasteiger partial charge in [0.05, 0.1) is 17.5 Å². The number of benzene rings is 1. The van der Waals surface area contributed by atoms with Gasteiger partial charge in [0.2, 0.25) is 5.91 Å². The molecule has 0 spiro atoms. The fraction of sp³-hybridized carbons (Fsp3) is 0.542. The summed E-state index contributed by atoms with van der Waals surface area (Å²) >= 11 is 0. The average molecular weight is 472 g/mol. The van der Waals surface area contributed by atoms with Crippen molar-refractivity contribution in [2.24, 2.45) is 29.4 Å². The molecule has 2 saturated carbocycles. The number of phenolic OH excluding ortho intramolecular Hbond substituents is 1. The molecule has 3 aliphatic carbocycles. The van der Waals surface area contributed by atoms with Crippen molar-refractivity contribution in [2.75, 3.05) is 33.1 Å². The largest absolute Gasteiger partial charge is 0.507 e. The van der Waals surface area contributed by atoms with Crippen molar-refractivity contribution < 1.29 is 34.2 Å². The van der Waals surface area contributed by atoms with E-state index in [2.05, 4.69) is 0 Å². The van der Waals surface area contributed by atoms with E-state index < -0.39 is 70.3 Å². The number of nitrogens with zero attached hydrogens (tertiary/aromatic N) is 2. The third kappa shape index (κ3) is 2.91. The second-order valence-electron chi connectivity index (χ2n) is 10.1. The maximum Gasteiger partial charge on any atom is 0.235 e. The Hall–Kier alpha value is -3.11. The zero-order valence-corrected chi connectivity index (χ0v) is 19.7. The summed E-state index contributed by atoms with van der Waals surface area (Å²) in [6.07, 6.45) is 0.0214. The van der Waals surface area contributed by atoms with E-state index in [0.29, 0.717) is 11.3 Å². The Morgan fingerprint density at radius 1 is 1.09 bits per heavy atom. The monoisotopic (exact) mass is 471 g/mol. The first-order valence-electron chi connectivity index (χ1n) is 11.1. The standard InChI is InChI=1S/C24H29N3O7/c1-9-10-8-11-18(27(4)5)20(30)17(23(25)33)22(32)24(11,34)21(31)15(10)19(29)16-13(28)7-6-12(14(9)16)26(2)3/h6-7,9-11,15,17-18,28,34H,8H2,1-5H3,(H2,25,33)/t9-,10-,11+,15?,17?,18+,24+/m1/s1. The van der Waals surface area contributed by atoms with Gasteiger partial charge in [0.15, 0.2) is 34.7 Å². The summed E-state index contributed by atoms with van der Waals surface area (Å²) in [7, 11) is 6.71. The first kappa shape index (κ1) is 24.0. The molecule has 1 aromatic carbocycles. The minimum absolute atomic E-state index is 0.00899. The third-order valence-electron chi connectivity index (χ3n) is 7.89. The van der Waals surface area contributed by atoms with E-state index in [4.69, 9.17) is 5.73 Å². The molecule has 1 aromatic rings. The Balaban J connectivity index is 1.93. The van der Waals surface area contributed by atoms with E-state index in [1.165, 1.54) is 11.0 Å². The summed E-state index contributed by atoms with van der Waals surface area (Å²) in [5.74, 6) is -10.8. The number of aliphatic hydroxyl groups is 1. The van der Waals surface area contributed by atoms with Crippen LogP contribution in [0.5, 0.6) is 5.75 Å². The molecule has 182 valence electrons. The van der Waals surface area contributed by atoms with Crippen molar-refractivity contribution in [1.29, 1.82) is 0 Å². The van der Waals surface area contributed by atoms with E-state index >= 15 is 0 Å². The molecule has 0 saturated heterocycles. The van der Waals surface area contributed by atoms with Crippen LogP contribution < -0.4 is 10.6 Å². The number of anilines is 1. The van der Waals surface area contributed by atoms with Crippen molar-refractivity contribution >= 4 is 34.7 Å². The highest BCUT2D eigenvalue weighted by Gasteiger charge is 2.70. The lowest BCUT2D eigenvalue weighted by Gasteiger charge is -2.53. The highest BCUT2D eigenvalue weighted by atomic mass is 16.3. The smallest absolute Gasteiger partial charge is 0.235 e. The Bertz CT molecular complexity index is 1140. The number of ketones is 4. The van der Waals surface area contributed by atoms with Crippen molar-refractivity contribution in [3.05, 3.63) is 23.3 Å². The predicted octanol–water partition coefficient (Wildman–Crippen LogP) is -0.506. The number of hydrogen-bond donors (Lipinski definition) is 3. The molecule has 0 aliphatic heterocycles. The zero-order valence-electron chi connectivity index (χ0n) is 19.7. The number of nitrogens with two attached hydrogens (primary N) is 1. The fourth-order valence-corrected chi connectivity index (χ4v) is 6.36. The second-order valence-corrected chi connectivity index (χ2v) is 10.1. The van der Waals surface area contributed by atoms with Gasteiger partial charge in [-0.15, -0.1) is 0 Å². The van der Waals surface area contributed by atoms with Crippen LogP contribution in [0.2, 0.25) is 0 Å². The highest BCUT2D eigenvalue weighted by molar-refractivity contribution is 6.32. The molecule has 0 bridgehead atoms. The summed E-state index contributed by atoms with van der Waals surface area (Å²) in [5, 5.41) is 22.1. The number of amides is 1. The van der Waals surface area contributed by atoms with Gasteiger partial charge in [-0.2, -0.15) is 0 Å². The summed E-state index contributed by atoms with van der Waals surface area (Å²) in [5.41, 5.74) is 3.88. The molecule has 4 rings (SSSR count). The molecule has 10 nitrogen and oxygen atoms in total. The lowest BCUT2D eigenvalue weighted by Crippen LogP contribution is -2.74. The molecular formula is C24H29N3O7.